The number of thiazole rings is 1. The fraction of sp³-hybridized carbons (Fsp3) is 0.400. The third-order valence-corrected chi connectivity index (χ3v) is 5.40. The first kappa shape index (κ1) is 13.3. The topological polar surface area (TPSA) is 46.6 Å². The Morgan fingerprint density at radius 3 is 3.00 bits per heavy atom. The predicted molar refractivity (Wildman–Crippen MR) is 89.4 cm³/mol. The lowest BCUT2D eigenvalue weighted by Crippen LogP contribution is -2.26. The van der Waals surface area contributed by atoms with Crippen LogP contribution < -0.4 is 10.6 Å². The summed E-state index contributed by atoms with van der Waals surface area (Å²) in [6.45, 7) is 1.62. The van der Waals surface area contributed by atoms with Gasteiger partial charge in [0.25, 0.3) is 0 Å². The number of rotatable bonds is 6. The van der Waals surface area contributed by atoms with E-state index in [1.165, 1.54) is 24.1 Å². The molecule has 4 nitrogen and oxygen atoms in total. The number of nitrogens with two attached hydrogens (primary N) is 1. The zero-order chi connectivity index (χ0) is 14.2. The summed E-state index contributed by atoms with van der Waals surface area (Å²) in [5.41, 5.74) is 8.46. The van der Waals surface area contributed by atoms with Crippen molar-refractivity contribution < 1.29 is 0 Å². The fourth-order valence-electron chi connectivity index (χ4n) is 2.76. The van der Waals surface area contributed by atoms with Crippen LogP contribution in [0, 0.1) is 0 Å². The number of fused-ring (bicyclic) bond motifs is 1. The van der Waals surface area contributed by atoms with Gasteiger partial charge in [0.05, 0.1) is 5.69 Å². The van der Waals surface area contributed by atoms with Crippen LogP contribution in [0.2, 0.25) is 0 Å². The van der Waals surface area contributed by atoms with E-state index in [0.717, 1.165) is 23.7 Å². The zero-order valence-electron chi connectivity index (χ0n) is 11.7. The summed E-state index contributed by atoms with van der Waals surface area (Å²) in [6.07, 6.45) is 5.53. The first-order valence-corrected chi connectivity index (χ1v) is 9.11. The Morgan fingerprint density at radius 2 is 2.29 bits per heavy atom. The summed E-state index contributed by atoms with van der Waals surface area (Å²) in [6, 6.07) is 2.85. The lowest BCUT2D eigenvalue weighted by Gasteiger charge is -2.23. The van der Waals surface area contributed by atoms with Crippen LogP contribution in [0.4, 0.5) is 5.82 Å². The van der Waals surface area contributed by atoms with Gasteiger partial charge in [0.1, 0.15) is 0 Å². The number of hydrogen-bond donors (Lipinski definition) is 1. The average molecular weight is 318 g/mol. The fourth-order valence-corrected chi connectivity index (χ4v) is 4.15. The number of aromatic nitrogens is 2. The van der Waals surface area contributed by atoms with Crippen LogP contribution in [0.5, 0.6) is 0 Å². The van der Waals surface area contributed by atoms with Crippen LogP contribution in [0.1, 0.15) is 24.1 Å². The maximum absolute atomic E-state index is 5.82. The minimum Gasteiger partial charge on any atom is -0.348 e. The van der Waals surface area contributed by atoms with Gasteiger partial charge in [0, 0.05) is 30.6 Å². The zero-order valence-corrected chi connectivity index (χ0v) is 13.4. The molecule has 0 unspecified atom stereocenters. The van der Waals surface area contributed by atoms with Crippen LogP contribution in [0.15, 0.2) is 28.4 Å². The highest BCUT2D eigenvalue weighted by molar-refractivity contribution is 7.15. The number of anilines is 1. The second kappa shape index (κ2) is 5.44. The van der Waals surface area contributed by atoms with E-state index in [0.29, 0.717) is 12.6 Å². The molecule has 0 spiro atoms. The highest BCUT2D eigenvalue weighted by atomic mass is 32.1. The van der Waals surface area contributed by atoms with Crippen molar-refractivity contribution in [2.24, 2.45) is 5.73 Å². The lowest BCUT2D eigenvalue weighted by atomic mass is 10.2. The highest BCUT2D eigenvalue weighted by Crippen LogP contribution is 2.36. The van der Waals surface area contributed by atoms with Crippen molar-refractivity contribution in [3.63, 3.8) is 0 Å². The quantitative estimate of drug-likeness (QED) is 0.759. The minimum atomic E-state index is 0.644. The molecule has 110 valence electrons. The molecule has 0 saturated heterocycles. The van der Waals surface area contributed by atoms with Gasteiger partial charge in [-0.15, -0.1) is 11.3 Å². The summed E-state index contributed by atoms with van der Waals surface area (Å²) >= 11 is 3.45. The Morgan fingerprint density at radius 1 is 1.38 bits per heavy atom. The van der Waals surface area contributed by atoms with Crippen molar-refractivity contribution in [1.29, 1.82) is 0 Å². The van der Waals surface area contributed by atoms with Crippen LogP contribution >= 0.6 is 22.7 Å². The largest absolute Gasteiger partial charge is 0.348 e. The van der Waals surface area contributed by atoms with Gasteiger partial charge in [0.15, 0.2) is 10.8 Å². The second-order valence-electron chi connectivity index (χ2n) is 5.47. The van der Waals surface area contributed by atoms with E-state index >= 15 is 0 Å². The molecule has 0 aromatic carbocycles. The number of hydrogen-bond acceptors (Lipinski definition) is 5. The van der Waals surface area contributed by atoms with E-state index in [2.05, 4.69) is 37.7 Å². The van der Waals surface area contributed by atoms with Crippen molar-refractivity contribution in [3.8, 4) is 0 Å². The molecule has 21 heavy (non-hydrogen) atoms. The van der Waals surface area contributed by atoms with Crippen LogP contribution in [-0.4, -0.2) is 22.0 Å². The van der Waals surface area contributed by atoms with Crippen molar-refractivity contribution in [2.45, 2.75) is 31.8 Å². The second-order valence-corrected chi connectivity index (χ2v) is 7.12. The SMILES string of the molecule is NCCc1c(N(Cc2ccsc2)C2CC2)nc2sccn12. The van der Waals surface area contributed by atoms with Gasteiger partial charge in [-0.25, -0.2) is 4.98 Å². The molecule has 1 fully saturated rings. The molecule has 1 aliphatic carbocycles. The van der Waals surface area contributed by atoms with Gasteiger partial charge >= 0.3 is 0 Å². The maximum Gasteiger partial charge on any atom is 0.195 e. The van der Waals surface area contributed by atoms with Crippen LogP contribution in [0.25, 0.3) is 4.96 Å². The standard InChI is InChI=1S/C15H18N4S2/c16-5-3-13-14(17-15-18(13)6-8-21-15)19(12-1-2-12)9-11-4-7-20-10-11/h4,6-8,10,12H,1-3,5,9,16H2. The van der Waals surface area contributed by atoms with E-state index in [1.54, 1.807) is 22.7 Å². The van der Waals surface area contributed by atoms with Gasteiger partial charge in [0.2, 0.25) is 0 Å². The lowest BCUT2D eigenvalue weighted by molar-refractivity contribution is 0.769. The van der Waals surface area contributed by atoms with Gasteiger partial charge in [-0.1, -0.05) is 0 Å². The highest BCUT2D eigenvalue weighted by Gasteiger charge is 2.32. The molecule has 6 heteroatoms. The van der Waals surface area contributed by atoms with E-state index in [4.69, 9.17) is 10.7 Å². The summed E-state index contributed by atoms with van der Waals surface area (Å²) in [7, 11) is 0. The van der Waals surface area contributed by atoms with E-state index in [-0.39, 0.29) is 0 Å². The van der Waals surface area contributed by atoms with Crippen LogP contribution in [-0.2, 0) is 13.0 Å². The number of imidazole rings is 1. The molecular weight excluding hydrogens is 300 g/mol. The first-order valence-electron chi connectivity index (χ1n) is 7.29. The summed E-state index contributed by atoms with van der Waals surface area (Å²) < 4.78 is 2.20. The minimum absolute atomic E-state index is 0.644. The van der Waals surface area contributed by atoms with Gasteiger partial charge < -0.3 is 10.6 Å². The van der Waals surface area contributed by atoms with Crippen molar-refractivity contribution in [1.82, 2.24) is 9.38 Å². The van der Waals surface area contributed by atoms with E-state index < -0.39 is 0 Å². The Bertz CT molecular complexity index is 724. The Kier molecular flexibility index (Phi) is 3.45. The monoisotopic (exact) mass is 318 g/mol. The van der Waals surface area contributed by atoms with Crippen molar-refractivity contribution >= 4 is 33.5 Å². The molecule has 2 N–H and O–H groups in total. The van der Waals surface area contributed by atoms with E-state index in [1.807, 2.05) is 0 Å². The predicted octanol–water partition coefficient (Wildman–Crippen LogP) is 3.13. The number of nitrogens with zero attached hydrogens (tertiary/aromatic N) is 3. The summed E-state index contributed by atoms with van der Waals surface area (Å²) in [5, 5.41) is 6.47. The van der Waals surface area contributed by atoms with Crippen molar-refractivity contribution in [3.05, 3.63) is 39.7 Å². The van der Waals surface area contributed by atoms with Gasteiger partial charge in [-0.05, 0) is 41.8 Å². The van der Waals surface area contributed by atoms with Gasteiger partial charge in [-0.3, -0.25) is 4.40 Å². The molecule has 3 aromatic heterocycles. The van der Waals surface area contributed by atoms with Crippen LogP contribution in [0.3, 0.4) is 0 Å². The molecule has 0 aliphatic heterocycles. The molecule has 1 saturated carbocycles. The van der Waals surface area contributed by atoms with E-state index in [9.17, 15) is 0 Å². The molecule has 0 atom stereocenters. The average Bonchev–Trinajstić information content (AvgIpc) is 2.88. The summed E-state index contributed by atoms with van der Waals surface area (Å²) in [5.74, 6) is 1.14. The smallest absolute Gasteiger partial charge is 0.195 e. The molecule has 0 amide bonds. The Balaban J connectivity index is 1.74. The molecule has 3 aromatic rings. The molecule has 1 aliphatic rings. The Labute approximate surface area is 131 Å². The van der Waals surface area contributed by atoms with Crippen molar-refractivity contribution in [2.75, 3.05) is 11.4 Å². The first-order chi connectivity index (χ1) is 10.4. The molecule has 0 radical (unpaired) electrons. The summed E-state index contributed by atoms with van der Waals surface area (Å²) in [4.78, 5) is 8.44. The molecule has 3 heterocycles. The molecule has 4 rings (SSSR count). The third kappa shape index (κ3) is 2.47. The molecular formula is C15H18N4S2. The maximum atomic E-state index is 5.82. The number of thiophene rings is 1. The molecule has 0 bridgehead atoms. The normalized spacial score (nSPS) is 14.9. The van der Waals surface area contributed by atoms with Gasteiger partial charge in [-0.2, -0.15) is 11.3 Å². The third-order valence-electron chi connectivity index (χ3n) is 3.91. The Hall–Kier alpha value is -1.37.